The van der Waals surface area contributed by atoms with Gasteiger partial charge in [-0.05, 0) is 52.0 Å². The lowest BCUT2D eigenvalue weighted by Crippen LogP contribution is -2.41. The molecule has 0 radical (unpaired) electrons. The molecule has 1 saturated heterocycles. The first-order valence-electron chi connectivity index (χ1n) is 6.79. The fraction of sp³-hybridized carbons (Fsp3) is 0.533. The third kappa shape index (κ3) is 2.78. The number of hydrogen-bond donors (Lipinski definition) is 0. The summed E-state index contributed by atoms with van der Waals surface area (Å²) >= 11 is 5.84. The summed E-state index contributed by atoms with van der Waals surface area (Å²) in [6.07, 6.45) is 0. The summed E-state index contributed by atoms with van der Waals surface area (Å²) in [5.74, 6) is -0.364. The van der Waals surface area contributed by atoms with Gasteiger partial charge in [0, 0.05) is 10.6 Å². The molecule has 0 spiro atoms. The molecule has 0 aliphatic carbocycles. The molecule has 0 N–H and O–H groups in total. The maximum atomic E-state index is 12.5. The summed E-state index contributed by atoms with van der Waals surface area (Å²) in [6, 6.07) is 6.89. The van der Waals surface area contributed by atoms with Crippen LogP contribution in [0.4, 0.5) is 0 Å². The highest BCUT2D eigenvalue weighted by molar-refractivity contribution is 6.53. The molecule has 1 fully saturated rings. The van der Waals surface area contributed by atoms with Gasteiger partial charge in [0.15, 0.2) is 5.78 Å². The zero-order valence-corrected chi connectivity index (χ0v) is 13.3. The van der Waals surface area contributed by atoms with Crippen molar-refractivity contribution in [2.24, 2.45) is 0 Å². The van der Waals surface area contributed by atoms with Crippen molar-refractivity contribution in [2.45, 2.75) is 51.6 Å². The van der Waals surface area contributed by atoms with Crippen LogP contribution in [0.2, 0.25) is 10.8 Å². The standard InChI is InChI=1S/C15H20BClO3/c1-10(13(18)11-6-8-12(17)9-7-11)16-19-14(2,3)15(4,5)20-16/h6-10H,1-5H3. The minimum Gasteiger partial charge on any atom is -0.403 e. The SMILES string of the molecule is CC(B1OC(C)(C)C(C)(C)O1)C(=O)c1ccc(Cl)cc1. The maximum Gasteiger partial charge on any atom is 0.469 e. The molecule has 108 valence electrons. The Labute approximate surface area is 125 Å². The molecule has 2 rings (SSSR count). The molecule has 3 nitrogen and oxygen atoms in total. The van der Waals surface area contributed by atoms with Crippen molar-refractivity contribution in [3.05, 3.63) is 34.9 Å². The maximum absolute atomic E-state index is 12.5. The highest BCUT2D eigenvalue weighted by Gasteiger charge is 2.54. The van der Waals surface area contributed by atoms with Crippen molar-refractivity contribution in [3.8, 4) is 0 Å². The van der Waals surface area contributed by atoms with Gasteiger partial charge >= 0.3 is 7.12 Å². The van der Waals surface area contributed by atoms with E-state index in [1.165, 1.54) is 0 Å². The number of rotatable bonds is 3. The molecule has 1 aromatic rings. The van der Waals surface area contributed by atoms with Gasteiger partial charge in [0.05, 0.1) is 17.0 Å². The molecular formula is C15H20BClO3. The number of carbonyl (C=O) groups is 1. The summed E-state index contributed by atoms with van der Waals surface area (Å²) in [5, 5.41) is 0.616. The Morgan fingerprint density at radius 2 is 1.55 bits per heavy atom. The van der Waals surface area contributed by atoms with Gasteiger partial charge in [-0.1, -0.05) is 18.5 Å². The molecular weight excluding hydrogens is 274 g/mol. The van der Waals surface area contributed by atoms with Crippen molar-refractivity contribution < 1.29 is 14.1 Å². The Kier molecular flexibility index (Phi) is 4.02. The molecule has 0 bridgehead atoms. The van der Waals surface area contributed by atoms with E-state index in [0.29, 0.717) is 10.6 Å². The minimum atomic E-state index is -0.525. The van der Waals surface area contributed by atoms with Crippen molar-refractivity contribution in [2.75, 3.05) is 0 Å². The molecule has 0 saturated carbocycles. The van der Waals surface area contributed by atoms with Crippen LogP contribution in [0.25, 0.3) is 0 Å². The average molecular weight is 295 g/mol. The van der Waals surface area contributed by atoms with Crippen molar-refractivity contribution >= 4 is 24.5 Å². The second-order valence-electron chi connectivity index (χ2n) is 6.28. The Balaban J connectivity index is 2.15. The van der Waals surface area contributed by atoms with E-state index in [2.05, 4.69) is 0 Å². The van der Waals surface area contributed by atoms with E-state index in [0.717, 1.165) is 0 Å². The van der Waals surface area contributed by atoms with Crippen LogP contribution in [0.3, 0.4) is 0 Å². The molecule has 1 atom stereocenters. The fourth-order valence-electron chi connectivity index (χ4n) is 2.09. The Hall–Kier alpha value is -0.835. The summed E-state index contributed by atoms with van der Waals surface area (Å²) in [5.41, 5.74) is -0.227. The lowest BCUT2D eigenvalue weighted by Gasteiger charge is -2.32. The average Bonchev–Trinajstić information content (AvgIpc) is 2.57. The monoisotopic (exact) mass is 294 g/mol. The number of ketones is 1. The number of Topliss-reactive ketones (excluding diaryl/α,β-unsaturated/α-hetero) is 1. The lowest BCUT2D eigenvalue weighted by atomic mass is 9.69. The first-order valence-corrected chi connectivity index (χ1v) is 7.17. The molecule has 0 amide bonds. The second kappa shape index (κ2) is 5.17. The molecule has 1 aromatic carbocycles. The largest absolute Gasteiger partial charge is 0.469 e. The number of benzene rings is 1. The van der Waals surface area contributed by atoms with E-state index in [1.54, 1.807) is 24.3 Å². The van der Waals surface area contributed by atoms with Crippen LogP contribution < -0.4 is 0 Å². The van der Waals surface area contributed by atoms with Crippen molar-refractivity contribution in [1.82, 2.24) is 0 Å². The third-order valence-corrected chi connectivity index (χ3v) is 4.47. The second-order valence-corrected chi connectivity index (χ2v) is 6.72. The number of halogens is 1. The van der Waals surface area contributed by atoms with E-state index in [-0.39, 0.29) is 11.6 Å². The van der Waals surface area contributed by atoms with Gasteiger partial charge in [0.25, 0.3) is 0 Å². The zero-order valence-electron chi connectivity index (χ0n) is 12.6. The quantitative estimate of drug-likeness (QED) is 0.624. The minimum absolute atomic E-state index is 0.000154. The van der Waals surface area contributed by atoms with Crippen LogP contribution in [0, 0.1) is 0 Å². The summed E-state index contributed by atoms with van der Waals surface area (Å²) in [6.45, 7) is 9.75. The summed E-state index contributed by atoms with van der Waals surface area (Å²) in [4.78, 5) is 12.5. The Morgan fingerprint density at radius 3 is 2.00 bits per heavy atom. The van der Waals surface area contributed by atoms with Crippen LogP contribution >= 0.6 is 11.6 Å². The van der Waals surface area contributed by atoms with Gasteiger partial charge in [-0.3, -0.25) is 4.79 Å². The topological polar surface area (TPSA) is 35.5 Å². The Morgan fingerprint density at radius 1 is 1.10 bits per heavy atom. The summed E-state index contributed by atoms with van der Waals surface area (Å²) in [7, 11) is -0.525. The van der Waals surface area contributed by atoms with E-state index in [4.69, 9.17) is 20.9 Å². The molecule has 5 heteroatoms. The molecule has 20 heavy (non-hydrogen) atoms. The predicted octanol–water partition coefficient (Wildman–Crippen LogP) is 4.01. The van der Waals surface area contributed by atoms with Crippen LogP contribution in [0.1, 0.15) is 45.0 Å². The smallest absolute Gasteiger partial charge is 0.403 e. The van der Waals surface area contributed by atoms with Gasteiger partial charge in [0.1, 0.15) is 0 Å². The molecule has 1 unspecified atom stereocenters. The first kappa shape index (κ1) is 15.6. The molecule has 1 aliphatic rings. The van der Waals surface area contributed by atoms with Gasteiger partial charge in [0.2, 0.25) is 0 Å². The van der Waals surface area contributed by atoms with Crippen molar-refractivity contribution in [3.63, 3.8) is 0 Å². The molecule has 1 aliphatic heterocycles. The third-order valence-electron chi connectivity index (χ3n) is 4.22. The van der Waals surface area contributed by atoms with Crippen LogP contribution in [0.15, 0.2) is 24.3 Å². The van der Waals surface area contributed by atoms with E-state index < -0.39 is 18.3 Å². The zero-order chi connectivity index (χ0) is 15.1. The normalized spacial score (nSPS) is 21.8. The molecule has 1 heterocycles. The van der Waals surface area contributed by atoms with E-state index >= 15 is 0 Å². The van der Waals surface area contributed by atoms with Gasteiger partial charge in [-0.15, -0.1) is 0 Å². The number of carbonyl (C=O) groups excluding carboxylic acids is 1. The first-order chi connectivity index (χ1) is 9.14. The van der Waals surface area contributed by atoms with Gasteiger partial charge < -0.3 is 9.31 Å². The van der Waals surface area contributed by atoms with E-state index in [9.17, 15) is 4.79 Å². The van der Waals surface area contributed by atoms with Crippen LogP contribution in [0.5, 0.6) is 0 Å². The Bertz CT molecular complexity index is 494. The van der Waals surface area contributed by atoms with E-state index in [1.807, 2.05) is 34.6 Å². The van der Waals surface area contributed by atoms with Crippen LogP contribution in [-0.4, -0.2) is 24.1 Å². The number of hydrogen-bond acceptors (Lipinski definition) is 3. The van der Waals surface area contributed by atoms with Gasteiger partial charge in [-0.2, -0.15) is 0 Å². The van der Waals surface area contributed by atoms with Gasteiger partial charge in [-0.25, -0.2) is 0 Å². The summed E-state index contributed by atoms with van der Waals surface area (Å²) < 4.78 is 11.8. The van der Waals surface area contributed by atoms with Crippen LogP contribution in [-0.2, 0) is 9.31 Å². The highest BCUT2D eigenvalue weighted by Crippen LogP contribution is 2.40. The predicted molar refractivity (Wildman–Crippen MR) is 81.3 cm³/mol. The fourth-order valence-corrected chi connectivity index (χ4v) is 2.22. The lowest BCUT2D eigenvalue weighted by molar-refractivity contribution is 0.00578. The van der Waals surface area contributed by atoms with Crippen molar-refractivity contribution in [1.29, 1.82) is 0 Å². The highest BCUT2D eigenvalue weighted by atomic mass is 35.5. The molecule has 0 aromatic heterocycles.